The van der Waals surface area contributed by atoms with Crippen LogP contribution in [0, 0.1) is 5.92 Å². The monoisotopic (exact) mass is 260 g/mol. The van der Waals surface area contributed by atoms with E-state index in [-0.39, 0.29) is 11.8 Å². The lowest BCUT2D eigenvalue weighted by Crippen LogP contribution is -2.47. The lowest BCUT2D eigenvalue weighted by atomic mass is 9.97. The Hall–Kier alpha value is -2.04. The van der Waals surface area contributed by atoms with Crippen LogP contribution in [0.4, 0.5) is 5.69 Å². The second-order valence-electron chi connectivity index (χ2n) is 4.70. The van der Waals surface area contributed by atoms with Crippen LogP contribution < -0.4 is 11.1 Å². The first-order valence-corrected chi connectivity index (χ1v) is 6.56. The van der Waals surface area contributed by atoms with Gasteiger partial charge in [-0.3, -0.25) is 4.79 Å². The second-order valence-corrected chi connectivity index (χ2v) is 4.70. The van der Waals surface area contributed by atoms with E-state index < -0.39 is 0 Å². The van der Waals surface area contributed by atoms with E-state index in [1.165, 1.54) is 0 Å². The van der Waals surface area contributed by atoms with Crippen LogP contribution in [0.5, 0.6) is 0 Å². The third kappa shape index (κ3) is 3.47. The zero-order chi connectivity index (χ0) is 13.7. The first kappa shape index (κ1) is 13.4. The van der Waals surface area contributed by atoms with E-state index in [0.29, 0.717) is 12.5 Å². The summed E-state index contributed by atoms with van der Waals surface area (Å²) >= 11 is 0. The normalized spacial score (nSPS) is 20.2. The van der Waals surface area contributed by atoms with Crippen molar-refractivity contribution < 1.29 is 4.79 Å². The van der Waals surface area contributed by atoms with Gasteiger partial charge in [0.05, 0.1) is 11.6 Å². The van der Waals surface area contributed by atoms with Gasteiger partial charge < -0.3 is 16.0 Å². The molecule has 19 heavy (non-hydrogen) atoms. The van der Waals surface area contributed by atoms with E-state index in [2.05, 4.69) is 10.3 Å². The Morgan fingerprint density at radius 2 is 2.16 bits per heavy atom. The Balaban J connectivity index is 2.05. The minimum atomic E-state index is 0.00303. The number of hydrogen-bond acceptors (Lipinski definition) is 2. The number of nitrogens with two attached hydrogens (primary N) is 1. The number of aliphatic imine (C=N–C) groups is 1. The number of likely N-dealkylation sites (tertiary alicyclic amines) is 1. The molecule has 1 aliphatic rings. The number of guanidine groups is 1. The van der Waals surface area contributed by atoms with Crippen molar-refractivity contribution in [3.63, 3.8) is 0 Å². The predicted octanol–water partition coefficient (Wildman–Crippen LogP) is 1.09. The maximum absolute atomic E-state index is 11.7. The van der Waals surface area contributed by atoms with Crippen LogP contribution in [0.15, 0.2) is 35.3 Å². The minimum absolute atomic E-state index is 0.00303. The van der Waals surface area contributed by atoms with Crippen molar-refractivity contribution >= 4 is 17.6 Å². The Labute approximate surface area is 113 Å². The number of piperidine rings is 1. The fourth-order valence-electron chi connectivity index (χ4n) is 2.31. The SMILES string of the molecule is CNC(=O)C1CCCN(C(N)=Nc2ccccc2)C1. The molecule has 0 aliphatic carbocycles. The number of para-hydroxylation sites is 1. The molecule has 0 aromatic heterocycles. The largest absolute Gasteiger partial charge is 0.369 e. The minimum Gasteiger partial charge on any atom is -0.369 e. The van der Waals surface area contributed by atoms with Crippen molar-refractivity contribution in [1.29, 1.82) is 0 Å². The highest BCUT2D eigenvalue weighted by Gasteiger charge is 2.25. The van der Waals surface area contributed by atoms with Crippen LogP contribution in [0.25, 0.3) is 0 Å². The lowest BCUT2D eigenvalue weighted by molar-refractivity contribution is -0.125. The third-order valence-electron chi connectivity index (χ3n) is 3.36. The number of hydrogen-bond donors (Lipinski definition) is 2. The highest BCUT2D eigenvalue weighted by atomic mass is 16.1. The van der Waals surface area contributed by atoms with E-state index in [4.69, 9.17) is 5.73 Å². The number of carbonyl (C=O) groups excluding carboxylic acids is 1. The zero-order valence-corrected chi connectivity index (χ0v) is 11.2. The van der Waals surface area contributed by atoms with Gasteiger partial charge in [0.25, 0.3) is 0 Å². The van der Waals surface area contributed by atoms with E-state index in [9.17, 15) is 4.79 Å². The van der Waals surface area contributed by atoms with Gasteiger partial charge in [-0.1, -0.05) is 18.2 Å². The van der Waals surface area contributed by atoms with Crippen LogP contribution in [0.2, 0.25) is 0 Å². The van der Waals surface area contributed by atoms with E-state index in [1.807, 2.05) is 35.2 Å². The van der Waals surface area contributed by atoms with Crippen molar-refractivity contribution in [3.05, 3.63) is 30.3 Å². The molecule has 0 saturated carbocycles. The van der Waals surface area contributed by atoms with Gasteiger partial charge in [-0.15, -0.1) is 0 Å². The maximum atomic E-state index is 11.7. The zero-order valence-electron chi connectivity index (χ0n) is 11.2. The van der Waals surface area contributed by atoms with Gasteiger partial charge in [-0.2, -0.15) is 0 Å². The highest BCUT2D eigenvalue weighted by molar-refractivity contribution is 5.83. The molecule has 5 nitrogen and oxygen atoms in total. The van der Waals surface area contributed by atoms with Crippen molar-refractivity contribution in [2.45, 2.75) is 12.8 Å². The molecule has 0 bridgehead atoms. The topological polar surface area (TPSA) is 70.7 Å². The lowest BCUT2D eigenvalue weighted by Gasteiger charge is -2.32. The molecule has 2 rings (SSSR count). The summed E-state index contributed by atoms with van der Waals surface area (Å²) in [6, 6.07) is 9.61. The molecule has 1 heterocycles. The third-order valence-corrected chi connectivity index (χ3v) is 3.36. The van der Waals surface area contributed by atoms with E-state index >= 15 is 0 Å². The van der Waals surface area contributed by atoms with Gasteiger partial charge in [-0.25, -0.2) is 4.99 Å². The smallest absolute Gasteiger partial charge is 0.224 e. The molecule has 1 aliphatic heterocycles. The summed E-state index contributed by atoms with van der Waals surface area (Å²) in [5.74, 6) is 0.570. The Bertz CT molecular complexity index is 458. The molecule has 102 valence electrons. The summed E-state index contributed by atoms with van der Waals surface area (Å²) in [5, 5.41) is 2.70. The predicted molar refractivity (Wildman–Crippen MR) is 76.1 cm³/mol. The van der Waals surface area contributed by atoms with Crippen LogP contribution >= 0.6 is 0 Å². The molecule has 1 aromatic rings. The van der Waals surface area contributed by atoms with Gasteiger partial charge in [0, 0.05) is 20.1 Å². The van der Waals surface area contributed by atoms with Gasteiger partial charge >= 0.3 is 0 Å². The molecule has 1 saturated heterocycles. The Morgan fingerprint density at radius 1 is 1.42 bits per heavy atom. The van der Waals surface area contributed by atoms with E-state index in [1.54, 1.807) is 7.05 Å². The maximum Gasteiger partial charge on any atom is 0.224 e. The first-order valence-electron chi connectivity index (χ1n) is 6.56. The molecule has 3 N–H and O–H groups in total. The Morgan fingerprint density at radius 3 is 2.84 bits per heavy atom. The quantitative estimate of drug-likeness (QED) is 0.617. The van der Waals surface area contributed by atoms with Crippen molar-refractivity contribution in [1.82, 2.24) is 10.2 Å². The number of nitrogens with one attached hydrogen (secondary N) is 1. The first-order chi connectivity index (χ1) is 9.20. The molecular formula is C14H20N4O. The highest BCUT2D eigenvalue weighted by Crippen LogP contribution is 2.17. The molecule has 0 radical (unpaired) electrons. The summed E-state index contributed by atoms with van der Waals surface area (Å²) in [4.78, 5) is 18.0. The summed E-state index contributed by atoms with van der Waals surface area (Å²) < 4.78 is 0. The van der Waals surface area contributed by atoms with Crippen LogP contribution in [-0.2, 0) is 4.79 Å². The number of carbonyl (C=O) groups is 1. The van der Waals surface area contributed by atoms with Crippen LogP contribution in [0.3, 0.4) is 0 Å². The molecule has 1 atom stereocenters. The molecule has 5 heteroatoms. The van der Waals surface area contributed by atoms with Gasteiger partial charge in [-0.05, 0) is 25.0 Å². The van der Waals surface area contributed by atoms with Gasteiger partial charge in [0.2, 0.25) is 5.91 Å². The summed E-state index contributed by atoms with van der Waals surface area (Å²) in [6.45, 7) is 1.50. The van der Waals surface area contributed by atoms with E-state index in [0.717, 1.165) is 25.1 Å². The standard InChI is InChI=1S/C14H20N4O/c1-16-13(19)11-6-5-9-18(10-11)14(15)17-12-7-3-2-4-8-12/h2-4,7-8,11H,5-6,9-10H2,1H3,(H2,15,17)(H,16,19). The average molecular weight is 260 g/mol. The number of amides is 1. The molecule has 0 spiro atoms. The molecular weight excluding hydrogens is 240 g/mol. The fourth-order valence-corrected chi connectivity index (χ4v) is 2.31. The molecule has 1 fully saturated rings. The van der Waals surface area contributed by atoms with Crippen molar-refractivity contribution in [2.75, 3.05) is 20.1 Å². The summed E-state index contributed by atoms with van der Waals surface area (Å²) in [7, 11) is 1.67. The molecule has 1 amide bonds. The molecule has 1 unspecified atom stereocenters. The average Bonchev–Trinajstić information content (AvgIpc) is 2.47. The van der Waals surface area contributed by atoms with Gasteiger partial charge in [0.1, 0.15) is 0 Å². The van der Waals surface area contributed by atoms with Crippen LogP contribution in [-0.4, -0.2) is 36.9 Å². The summed E-state index contributed by atoms with van der Waals surface area (Å²) in [6.07, 6.45) is 1.87. The number of nitrogens with zero attached hydrogens (tertiary/aromatic N) is 2. The van der Waals surface area contributed by atoms with Crippen molar-refractivity contribution in [2.24, 2.45) is 16.6 Å². The van der Waals surface area contributed by atoms with Gasteiger partial charge in [0.15, 0.2) is 5.96 Å². The fraction of sp³-hybridized carbons (Fsp3) is 0.429. The number of benzene rings is 1. The van der Waals surface area contributed by atoms with Crippen molar-refractivity contribution in [3.8, 4) is 0 Å². The summed E-state index contributed by atoms with van der Waals surface area (Å²) in [5.41, 5.74) is 6.86. The Kier molecular flexibility index (Phi) is 4.39. The van der Waals surface area contributed by atoms with Crippen LogP contribution in [0.1, 0.15) is 12.8 Å². The molecule has 1 aromatic carbocycles. The second kappa shape index (κ2) is 6.22. The number of rotatable bonds is 2.